The number of sulfonamides is 1. The Morgan fingerprint density at radius 2 is 2.10 bits per heavy atom. The highest BCUT2D eigenvalue weighted by atomic mass is 127. The van der Waals surface area contributed by atoms with E-state index in [4.69, 9.17) is 5.11 Å². The number of halogens is 1. The maximum absolute atomic E-state index is 12.4. The quantitative estimate of drug-likeness (QED) is 0.728. The average Bonchev–Trinajstić information content (AvgIpc) is 2.38. The fourth-order valence-corrected chi connectivity index (χ4v) is 4.23. The van der Waals surface area contributed by atoms with Gasteiger partial charge in [0.2, 0.25) is 10.0 Å². The Bertz CT molecular complexity index is 631. The first-order valence-electron chi connectivity index (χ1n) is 6.03. The van der Waals surface area contributed by atoms with Gasteiger partial charge < -0.3 is 10.2 Å². The number of nitrogens with zero attached hydrogens (tertiary/aromatic N) is 1. The first-order valence-corrected chi connectivity index (χ1v) is 8.55. The van der Waals surface area contributed by atoms with Crippen molar-refractivity contribution in [3.63, 3.8) is 0 Å². The predicted molar refractivity (Wildman–Crippen MR) is 80.1 cm³/mol. The van der Waals surface area contributed by atoms with E-state index >= 15 is 0 Å². The van der Waals surface area contributed by atoms with Crippen LogP contribution in [0.4, 0.5) is 0 Å². The smallest absolute Gasteiger partial charge is 0.336 e. The lowest BCUT2D eigenvalue weighted by atomic mass is 10.1. The van der Waals surface area contributed by atoms with Crippen LogP contribution in [0.1, 0.15) is 23.2 Å². The summed E-state index contributed by atoms with van der Waals surface area (Å²) in [6.07, 6.45) is 0.511. The summed E-state index contributed by atoms with van der Waals surface area (Å²) in [5.74, 6) is -1.16. The van der Waals surface area contributed by atoms with Crippen LogP contribution >= 0.6 is 22.6 Å². The summed E-state index contributed by atoms with van der Waals surface area (Å²) in [5, 5.41) is 18.6. The molecule has 0 bridgehead atoms. The van der Waals surface area contributed by atoms with Crippen molar-refractivity contribution in [3.05, 3.63) is 27.3 Å². The van der Waals surface area contributed by atoms with E-state index in [1.165, 1.54) is 22.5 Å². The Hall–Kier alpha value is -0.710. The van der Waals surface area contributed by atoms with Gasteiger partial charge in [0, 0.05) is 16.7 Å². The predicted octanol–water partition coefficient (Wildman–Crippen LogP) is 1.13. The highest BCUT2D eigenvalue weighted by molar-refractivity contribution is 14.1. The topological polar surface area (TPSA) is 94.9 Å². The van der Waals surface area contributed by atoms with E-state index in [2.05, 4.69) is 0 Å². The van der Waals surface area contributed by atoms with Crippen LogP contribution in [0, 0.1) is 3.57 Å². The molecule has 1 aromatic rings. The van der Waals surface area contributed by atoms with Crippen LogP contribution < -0.4 is 0 Å². The summed E-state index contributed by atoms with van der Waals surface area (Å²) < 4.78 is 26.6. The van der Waals surface area contributed by atoms with E-state index in [-0.39, 0.29) is 17.0 Å². The minimum absolute atomic E-state index is 0.0377. The Labute approximate surface area is 130 Å². The Morgan fingerprint density at radius 1 is 1.40 bits per heavy atom. The summed E-state index contributed by atoms with van der Waals surface area (Å²) in [5.41, 5.74) is -0.0377. The molecule has 1 atom stereocenters. The van der Waals surface area contributed by atoms with E-state index in [0.29, 0.717) is 23.0 Å². The molecule has 1 heterocycles. The molecule has 2 N–H and O–H groups in total. The number of carbonyl (C=O) groups is 1. The number of piperidine rings is 1. The Balaban J connectivity index is 2.39. The van der Waals surface area contributed by atoms with Crippen LogP contribution in [0.15, 0.2) is 23.1 Å². The molecule has 0 aliphatic carbocycles. The van der Waals surface area contributed by atoms with Gasteiger partial charge in [-0.1, -0.05) is 0 Å². The number of aliphatic hydroxyl groups excluding tert-OH is 1. The molecule has 1 aliphatic heterocycles. The van der Waals surface area contributed by atoms with Gasteiger partial charge in [0.15, 0.2) is 0 Å². The molecule has 0 saturated carbocycles. The largest absolute Gasteiger partial charge is 0.478 e. The van der Waals surface area contributed by atoms with Gasteiger partial charge in [0.25, 0.3) is 0 Å². The van der Waals surface area contributed by atoms with Crippen LogP contribution in [0.25, 0.3) is 0 Å². The number of rotatable bonds is 3. The minimum Gasteiger partial charge on any atom is -0.478 e. The van der Waals surface area contributed by atoms with E-state index in [0.717, 1.165) is 0 Å². The molecule has 0 radical (unpaired) electrons. The second-order valence-electron chi connectivity index (χ2n) is 4.61. The summed E-state index contributed by atoms with van der Waals surface area (Å²) in [7, 11) is -3.76. The molecule has 2 rings (SSSR count). The molecule has 0 aromatic heterocycles. The zero-order chi connectivity index (χ0) is 14.9. The lowest BCUT2D eigenvalue weighted by molar-refractivity contribution is 0.0695. The lowest BCUT2D eigenvalue weighted by Gasteiger charge is -2.29. The second kappa shape index (κ2) is 5.96. The van der Waals surface area contributed by atoms with Gasteiger partial charge in [-0.15, -0.1) is 0 Å². The van der Waals surface area contributed by atoms with Crippen molar-refractivity contribution < 1.29 is 23.4 Å². The normalized spacial score (nSPS) is 20.8. The lowest BCUT2D eigenvalue weighted by Crippen LogP contribution is -2.42. The van der Waals surface area contributed by atoms with Gasteiger partial charge in [0.1, 0.15) is 0 Å². The first kappa shape index (κ1) is 15.7. The monoisotopic (exact) mass is 411 g/mol. The third-order valence-corrected chi connectivity index (χ3v) is 5.97. The minimum atomic E-state index is -3.76. The summed E-state index contributed by atoms with van der Waals surface area (Å²) >= 11 is 1.85. The highest BCUT2D eigenvalue weighted by Gasteiger charge is 2.30. The number of hydrogen-bond donors (Lipinski definition) is 2. The fraction of sp³-hybridized carbons (Fsp3) is 0.417. The molecular weight excluding hydrogens is 397 g/mol. The molecule has 1 fully saturated rings. The number of hydrogen-bond acceptors (Lipinski definition) is 4. The molecular formula is C12H14INO5S. The number of carboxylic acid groups (broad SMARTS) is 1. The van der Waals surface area contributed by atoms with Crippen molar-refractivity contribution in [1.29, 1.82) is 0 Å². The van der Waals surface area contributed by atoms with E-state index in [1.807, 2.05) is 22.6 Å². The third-order valence-electron chi connectivity index (χ3n) is 3.17. The number of aromatic carboxylic acids is 1. The van der Waals surface area contributed by atoms with Gasteiger partial charge in [-0.3, -0.25) is 0 Å². The molecule has 0 amide bonds. The van der Waals surface area contributed by atoms with Crippen molar-refractivity contribution in [3.8, 4) is 0 Å². The maximum atomic E-state index is 12.4. The van der Waals surface area contributed by atoms with Crippen LogP contribution in [-0.4, -0.2) is 48.1 Å². The standard InChI is InChI=1S/C12H14INO5S/c13-11-4-3-9(6-10(11)12(16)17)20(18,19)14-5-1-2-8(15)7-14/h3-4,6,8,15H,1-2,5,7H2,(H,16,17). The molecule has 0 spiro atoms. The SMILES string of the molecule is O=C(O)c1cc(S(=O)(=O)N2CCCC(O)C2)ccc1I. The molecule has 1 aromatic carbocycles. The molecule has 20 heavy (non-hydrogen) atoms. The average molecular weight is 411 g/mol. The summed E-state index contributed by atoms with van der Waals surface area (Å²) in [6.45, 7) is 0.393. The van der Waals surface area contributed by atoms with Gasteiger partial charge >= 0.3 is 5.97 Å². The fourth-order valence-electron chi connectivity index (χ4n) is 2.12. The highest BCUT2D eigenvalue weighted by Crippen LogP contribution is 2.23. The molecule has 8 heteroatoms. The van der Waals surface area contributed by atoms with Gasteiger partial charge in [-0.25, -0.2) is 13.2 Å². The van der Waals surface area contributed by atoms with Gasteiger partial charge in [-0.2, -0.15) is 4.31 Å². The number of aliphatic hydroxyl groups is 1. The summed E-state index contributed by atoms with van der Waals surface area (Å²) in [4.78, 5) is 11.0. The zero-order valence-electron chi connectivity index (χ0n) is 10.5. The van der Waals surface area contributed by atoms with Gasteiger partial charge in [-0.05, 0) is 53.6 Å². The van der Waals surface area contributed by atoms with Crippen LogP contribution in [0.3, 0.4) is 0 Å². The zero-order valence-corrected chi connectivity index (χ0v) is 13.5. The third kappa shape index (κ3) is 3.13. The van der Waals surface area contributed by atoms with Crippen molar-refractivity contribution in [2.24, 2.45) is 0 Å². The number of carboxylic acids is 1. The van der Waals surface area contributed by atoms with Crippen molar-refractivity contribution in [2.75, 3.05) is 13.1 Å². The second-order valence-corrected chi connectivity index (χ2v) is 7.71. The van der Waals surface area contributed by atoms with Crippen LogP contribution in [-0.2, 0) is 10.0 Å². The van der Waals surface area contributed by atoms with Gasteiger partial charge in [0.05, 0.1) is 16.6 Å². The van der Waals surface area contributed by atoms with Crippen molar-refractivity contribution in [2.45, 2.75) is 23.8 Å². The van der Waals surface area contributed by atoms with E-state index in [1.54, 1.807) is 0 Å². The maximum Gasteiger partial charge on any atom is 0.336 e. The first-order chi connectivity index (χ1) is 9.32. The van der Waals surface area contributed by atoms with Crippen molar-refractivity contribution in [1.82, 2.24) is 4.31 Å². The van der Waals surface area contributed by atoms with E-state index < -0.39 is 22.1 Å². The van der Waals surface area contributed by atoms with Crippen LogP contribution in [0.2, 0.25) is 0 Å². The molecule has 110 valence electrons. The Kier molecular flexibility index (Phi) is 4.67. The van der Waals surface area contributed by atoms with Crippen LogP contribution in [0.5, 0.6) is 0 Å². The van der Waals surface area contributed by atoms with Crippen molar-refractivity contribution >= 4 is 38.6 Å². The molecule has 6 nitrogen and oxygen atoms in total. The molecule has 1 aliphatic rings. The number of benzene rings is 1. The van der Waals surface area contributed by atoms with E-state index in [9.17, 15) is 18.3 Å². The summed E-state index contributed by atoms with van der Waals surface area (Å²) in [6, 6.07) is 4.03. The number of β-amino-alcohol motifs (C(OH)–C–C–N with tert-alkyl or cyclic N) is 1. The molecule has 1 unspecified atom stereocenters. The Morgan fingerprint density at radius 3 is 2.70 bits per heavy atom. The molecule has 1 saturated heterocycles.